The number of nitrogens with zero attached hydrogens (tertiary/aromatic N) is 1. The molecule has 0 aliphatic rings. The Bertz CT molecular complexity index is 716. The molecule has 0 heterocycles. The smallest absolute Gasteiger partial charge is 0.195 e. The molecule has 0 aromatic heterocycles. The molecule has 0 saturated heterocycles. The van der Waals surface area contributed by atoms with Crippen molar-refractivity contribution in [1.82, 2.24) is 0 Å². The summed E-state index contributed by atoms with van der Waals surface area (Å²) in [7, 11) is 0. The van der Waals surface area contributed by atoms with Gasteiger partial charge >= 0.3 is 0 Å². The Balaban J connectivity index is 2.65. The molecule has 0 bridgehead atoms. The first-order valence-corrected chi connectivity index (χ1v) is 5.65. The van der Waals surface area contributed by atoms with Crippen LogP contribution >= 0.6 is 0 Å². The molecule has 0 aliphatic carbocycles. The van der Waals surface area contributed by atoms with Crippen LogP contribution in [0.5, 0.6) is 0 Å². The lowest BCUT2D eigenvalue weighted by Crippen LogP contribution is -2.05. The highest BCUT2D eigenvalue weighted by atomic mass is 19.2. The first-order chi connectivity index (χ1) is 9.56. The van der Waals surface area contributed by atoms with E-state index in [9.17, 15) is 13.2 Å². The lowest BCUT2D eigenvalue weighted by atomic mass is 10.0. The van der Waals surface area contributed by atoms with E-state index in [2.05, 4.69) is 0 Å². The summed E-state index contributed by atoms with van der Waals surface area (Å²) in [5.74, 6) is -4.33. The van der Waals surface area contributed by atoms with Crippen molar-refractivity contribution in [2.45, 2.75) is 0 Å². The molecule has 0 fully saturated rings. The van der Waals surface area contributed by atoms with E-state index in [1.807, 2.05) is 6.07 Å². The highest BCUT2D eigenvalue weighted by Crippen LogP contribution is 2.25. The van der Waals surface area contributed by atoms with Crippen LogP contribution in [0, 0.1) is 28.8 Å². The van der Waals surface area contributed by atoms with E-state index in [1.54, 1.807) is 30.3 Å². The van der Waals surface area contributed by atoms with Crippen LogP contribution in [0.4, 0.5) is 13.2 Å². The number of nitrogens with two attached hydrogens (primary N) is 1. The van der Waals surface area contributed by atoms with E-state index in [0.717, 1.165) is 12.1 Å². The van der Waals surface area contributed by atoms with E-state index in [4.69, 9.17) is 11.0 Å². The van der Waals surface area contributed by atoms with E-state index in [0.29, 0.717) is 5.56 Å². The molecule has 0 spiro atoms. The van der Waals surface area contributed by atoms with E-state index in [1.165, 1.54) is 0 Å². The normalized spacial score (nSPS) is 11.7. The molecule has 2 aromatic rings. The Morgan fingerprint density at radius 1 is 0.950 bits per heavy atom. The lowest BCUT2D eigenvalue weighted by molar-refractivity contribution is 0.445. The predicted molar refractivity (Wildman–Crippen MR) is 69.4 cm³/mol. The molecule has 2 N–H and O–H groups in total. The molecule has 2 rings (SSSR count). The Kier molecular flexibility index (Phi) is 3.76. The van der Waals surface area contributed by atoms with Gasteiger partial charge in [-0.2, -0.15) is 5.26 Å². The van der Waals surface area contributed by atoms with Gasteiger partial charge in [0.25, 0.3) is 0 Å². The number of nitriles is 1. The average Bonchev–Trinajstić information content (AvgIpc) is 2.47. The van der Waals surface area contributed by atoms with Gasteiger partial charge in [0.2, 0.25) is 0 Å². The number of benzene rings is 2. The van der Waals surface area contributed by atoms with Crippen molar-refractivity contribution in [1.29, 1.82) is 5.26 Å². The molecule has 0 aliphatic heterocycles. The van der Waals surface area contributed by atoms with Gasteiger partial charge in [0.1, 0.15) is 6.07 Å². The second-order valence-corrected chi connectivity index (χ2v) is 3.99. The first-order valence-electron chi connectivity index (χ1n) is 5.65. The zero-order valence-electron chi connectivity index (χ0n) is 10.2. The SMILES string of the molecule is N#C/C(=C(/N)c1ccc(F)c(F)c1F)c1ccccc1. The average molecular weight is 274 g/mol. The highest BCUT2D eigenvalue weighted by molar-refractivity contribution is 5.96. The highest BCUT2D eigenvalue weighted by Gasteiger charge is 2.17. The zero-order valence-corrected chi connectivity index (χ0v) is 10.2. The molecule has 0 radical (unpaired) electrons. The molecule has 2 aromatic carbocycles. The minimum Gasteiger partial charge on any atom is -0.397 e. The van der Waals surface area contributed by atoms with Crippen LogP contribution in [0.3, 0.4) is 0 Å². The minimum absolute atomic E-state index is 0.00416. The van der Waals surface area contributed by atoms with Gasteiger partial charge in [-0.3, -0.25) is 0 Å². The van der Waals surface area contributed by atoms with Gasteiger partial charge in [-0.25, -0.2) is 13.2 Å². The predicted octanol–water partition coefficient (Wildman–Crippen LogP) is 3.45. The molecule has 0 unspecified atom stereocenters. The van der Waals surface area contributed by atoms with Crippen molar-refractivity contribution in [2.75, 3.05) is 0 Å². The molecular formula is C15H9F3N2. The van der Waals surface area contributed by atoms with Crippen molar-refractivity contribution in [3.63, 3.8) is 0 Å². The fourth-order valence-electron chi connectivity index (χ4n) is 1.75. The summed E-state index contributed by atoms with van der Waals surface area (Å²) in [6.45, 7) is 0. The van der Waals surface area contributed by atoms with Gasteiger partial charge in [-0.15, -0.1) is 0 Å². The maximum Gasteiger partial charge on any atom is 0.195 e. The van der Waals surface area contributed by atoms with Crippen molar-refractivity contribution in [3.05, 3.63) is 71.0 Å². The maximum atomic E-state index is 13.7. The van der Waals surface area contributed by atoms with Crippen LogP contribution < -0.4 is 5.73 Å². The van der Waals surface area contributed by atoms with Crippen molar-refractivity contribution >= 4 is 11.3 Å². The van der Waals surface area contributed by atoms with Crippen molar-refractivity contribution < 1.29 is 13.2 Å². The molecule has 0 atom stereocenters. The van der Waals surface area contributed by atoms with Crippen molar-refractivity contribution in [3.8, 4) is 6.07 Å². The third-order valence-corrected chi connectivity index (χ3v) is 2.77. The Morgan fingerprint density at radius 2 is 1.60 bits per heavy atom. The van der Waals surface area contributed by atoms with Crippen LogP contribution in [0.25, 0.3) is 11.3 Å². The summed E-state index contributed by atoms with van der Waals surface area (Å²) in [6, 6.07) is 12.0. The van der Waals surface area contributed by atoms with Gasteiger partial charge in [-0.1, -0.05) is 30.3 Å². The first kappa shape index (κ1) is 13.7. The number of halogens is 3. The Morgan fingerprint density at radius 3 is 2.20 bits per heavy atom. The minimum atomic E-state index is -1.61. The molecule has 20 heavy (non-hydrogen) atoms. The monoisotopic (exact) mass is 274 g/mol. The van der Waals surface area contributed by atoms with Gasteiger partial charge < -0.3 is 5.73 Å². The summed E-state index contributed by atoms with van der Waals surface area (Å²) < 4.78 is 39.8. The summed E-state index contributed by atoms with van der Waals surface area (Å²) >= 11 is 0. The zero-order chi connectivity index (χ0) is 14.7. The largest absolute Gasteiger partial charge is 0.397 e. The number of allylic oxidation sites excluding steroid dienone is 1. The maximum absolute atomic E-state index is 13.7. The van der Waals surface area contributed by atoms with Crippen LogP contribution in [0.15, 0.2) is 42.5 Å². The Labute approximate surface area is 113 Å². The standard InChI is InChI=1S/C15H9F3N2/c16-12-7-6-10(13(17)14(12)18)15(20)11(8-19)9-4-2-1-3-5-9/h1-7H,20H2/b15-11-. The fraction of sp³-hybridized carbons (Fsp3) is 0. The number of rotatable bonds is 2. The van der Waals surface area contributed by atoms with E-state index >= 15 is 0 Å². The second-order valence-electron chi connectivity index (χ2n) is 3.99. The van der Waals surface area contributed by atoms with Gasteiger partial charge in [0, 0.05) is 5.56 Å². The van der Waals surface area contributed by atoms with Crippen LogP contribution in [0.1, 0.15) is 11.1 Å². The third kappa shape index (κ3) is 2.36. The van der Waals surface area contributed by atoms with E-state index in [-0.39, 0.29) is 16.8 Å². The molecule has 2 nitrogen and oxygen atoms in total. The summed E-state index contributed by atoms with van der Waals surface area (Å²) in [5, 5.41) is 9.15. The second kappa shape index (κ2) is 5.49. The van der Waals surface area contributed by atoms with Crippen molar-refractivity contribution in [2.24, 2.45) is 5.73 Å². The number of hydrogen-bond donors (Lipinski definition) is 1. The lowest BCUT2D eigenvalue weighted by Gasteiger charge is -2.08. The summed E-state index contributed by atoms with van der Waals surface area (Å²) in [5.41, 5.74) is 5.61. The van der Waals surface area contributed by atoms with E-state index < -0.39 is 17.5 Å². The molecule has 0 amide bonds. The van der Waals surface area contributed by atoms with Crippen LogP contribution in [-0.4, -0.2) is 0 Å². The third-order valence-electron chi connectivity index (χ3n) is 2.77. The number of hydrogen-bond acceptors (Lipinski definition) is 2. The molecule has 0 saturated carbocycles. The van der Waals surface area contributed by atoms with Crippen LogP contribution in [0.2, 0.25) is 0 Å². The molecular weight excluding hydrogens is 265 g/mol. The summed E-state index contributed by atoms with van der Waals surface area (Å²) in [6.07, 6.45) is 0. The molecule has 5 heteroatoms. The summed E-state index contributed by atoms with van der Waals surface area (Å²) in [4.78, 5) is 0. The van der Waals surface area contributed by atoms with Gasteiger partial charge in [0.15, 0.2) is 17.5 Å². The van der Waals surface area contributed by atoms with Gasteiger partial charge in [0.05, 0.1) is 11.3 Å². The van der Waals surface area contributed by atoms with Gasteiger partial charge in [-0.05, 0) is 17.7 Å². The van der Waals surface area contributed by atoms with Crippen LogP contribution in [-0.2, 0) is 0 Å². The molecule has 100 valence electrons. The fourth-order valence-corrected chi connectivity index (χ4v) is 1.75. The topological polar surface area (TPSA) is 49.8 Å². The quantitative estimate of drug-likeness (QED) is 0.518. The Hall–Kier alpha value is -2.74.